The number of anilines is 2. The van der Waals surface area contributed by atoms with Gasteiger partial charge in [0.2, 0.25) is 0 Å². The van der Waals surface area contributed by atoms with Crippen LogP contribution in [0.1, 0.15) is 15.9 Å². The van der Waals surface area contributed by atoms with E-state index in [-0.39, 0.29) is 5.91 Å². The predicted octanol–water partition coefficient (Wildman–Crippen LogP) is 4.67. The van der Waals surface area contributed by atoms with Gasteiger partial charge in [-0.2, -0.15) is 0 Å². The van der Waals surface area contributed by atoms with Crippen molar-refractivity contribution in [2.75, 3.05) is 50.6 Å². The number of hydrogen-bond donors (Lipinski definition) is 1. The van der Waals surface area contributed by atoms with Crippen LogP contribution in [0.3, 0.4) is 0 Å². The molecular weight excluding hydrogens is 386 g/mol. The van der Waals surface area contributed by atoms with E-state index in [1.165, 1.54) is 11.1 Å². The standard InChI is InChI=1S/C26H29N3O2/c1-19-6-4-5-7-23(19)20-8-10-21(11-9-20)26(30)27-22-12-13-25(31-3)24(18-22)29-16-14-28(2)15-17-29/h4-13,18H,14-17H2,1-3H3,(H,27,30). The van der Waals surface area contributed by atoms with Crippen LogP contribution in [0.2, 0.25) is 0 Å². The lowest BCUT2D eigenvalue weighted by atomic mass is 9.99. The SMILES string of the molecule is COc1ccc(NC(=O)c2ccc(-c3ccccc3C)cc2)cc1N1CCN(C)CC1. The second-order valence-corrected chi connectivity index (χ2v) is 8.02. The molecule has 4 rings (SSSR count). The van der Waals surface area contributed by atoms with Gasteiger partial charge in [-0.15, -0.1) is 0 Å². The van der Waals surface area contributed by atoms with Gasteiger partial charge in [-0.1, -0.05) is 36.4 Å². The average Bonchev–Trinajstić information content (AvgIpc) is 2.80. The molecule has 0 spiro atoms. The molecule has 0 aromatic heterocycles. The first-order valence-electron chi connectivity index (χ1n) is 10.6. The highest BCUT2D eigenvalue weighted by molar-refractivity contribution is 6.04. The molecular formula is C26H29N3O2. The third kappa shape index (κ3) is 4.72. The van der Waals surface area contributed by atoms with E-state index in [1.54, 1.807) is 7.11 Å². The number of amides is 1. The fraction of sp³-hybridized carbons (Fsp3) is 0.269. The van der Waals surface area contributed by atoms with Crippen LogP contribution in [-0.4, -0.2) is 51.1 Å². The van der Waals surface area contributed by atoms with Gasteiger partial charge in [0.25, 0.3) is 5.91 Å². The highest BCUT2D eigenvalue weighted by atomic mass is 16.5. The molecule has 1 saturated heterocycles. The van der Waals surface area contributed by atoms with Crippen LogP contribution >= 0.6 is 0 Å². The van der Waals surface area contributed by atoms with Crippen molar-refractivity contribution in [3.05, 3.63) is 77.9 Å². The Morgan fingerprint density at radius 3 is 2.32 bits per heavy atom. The molecule has 0 radical (unpaired) electrons. The topological polar surface area (TPSA) is 44.8 Å². The lowest BCUT2D eigenvalue weighted by Crippen LogP contribution is -2.44. The van der Waals surface area contributed by atoms with Gasteiger partial charge in [0.15, 0.2) is 0 Å². The van der Waals surface area contributed by atoms with Crippen molar-refractivity contribution < 1.29 is 9.53 Å². The maximum atomic E-state index is 12.9. The molecule has 1 aliphatic rings. The minimum atomic E-state index is -0.120. The van der Waals surface area contributed by atoms with E-state index < -0.39 is 0 Å². The third-order valence-electron chi connectivity index (χ3n) is 5.88. The number of rotatable bonds is 5. The molecule has 0 bridgehead atoms. The van der Waals surface area contributed by atoms with Gasteiger partial charge in [-0.3, -0.25) is 4.79 Å². The average molecular weight is 416 g/mol. The van der Waals surface area contributed by atoms with E-state index in [0.717, 1.165) is 48.9 Å². The Kier molecular flexibility index (Phi) is 6.23. The molecule has 1 amide bonds. The fourth-order valence-corrected chi connectivity index (χ4v) is 3.96. The fourth-order valence-electron chi connectivity index (χ4n) is 3.96. The molecule has 1 aliphatic heterocycles. The Morgan fingerprint density at radius 1 is 0.935 bits per heavy atom. The number of benzene rings is 3. The Bertz CT molecular complexity index is 1050. The minimum absolute atomic E-state index is 0.120. The summed E-state index contributed by atoms with van der Waals surface area (Å²) in [6.07, 6.45) is 0. The number of piperazine rings is 1. The molecule has 0 unspecified atom stereocenters. The second kappa shape index (κ2) is 9.23. The molecule has 3 aromatic rings. The van der Waals surface area contributed by atoms with E-state index in [1.807, 2.05) is 54.6 Å². The van der Waals surface area contributed by atoms with Crippen LogP contribution in [0, 0.1) is 6.92 Å². The molecule has 31 heavy (non-hydrogen) atoms. The quantitative estimate of drug-likeness (QED) is 0.658. The lowest BCUT2D eigenvalue weighted by Gasteiger charge is -2.34. The predicted molar refractivity (Wildman–Crippen MR) is 127 cm³/mol. The zero-order chi connectivity index (χ0) is 21.8. The zero-order valence-corrected chi connectivity index (χ0v) is 18.4. The van der Waals surface area contributed by atoms with Crippen molar-refractivity contribution in [3.8, 4) is 16.9 Å². The lowest BCUT2D eigenvalue weighted by molar-refractivity contribution is 0.102. The first-order valence-corrected chi connectivity index (χ1v) is 10.6. The summed E-state index contributed by atoms with van der Waals surface area (Å²) in [5.74, 6) is 0.705. The van der Waals surface area contributed by atoms with Gasteiger partial charge >= 0.3 is 0 Å². The summed E-state index contributed by atoms with van der Waals surface area (Å²) < 4.78 is 5.57. The van der Waals surface area contributed by atoms with Gasteiger partial charge < -0.3 is 19.9 Å². The number of methoxy groups -OCH3 is 1. The van der Waals surface area contributed by atoms with Gasteiger partial charge in [0.1, 0.15) is 5.75 Å². The molecule has 160 valence electrons. The number of ether oxygens (including phenoxy) is 1. The number of aryl methyl sites for hydroxylation is 1. The number of hydrogen-bond acceptors (Lipinski definition) is 4. The van der Waals surface area contributed by atoms with E-state index >= 15 is 0 Å². The zero-order valence-electron chi connectivity index (χ0n) is 18.4. The molecule has 0 aliphatic carbocycles. The Hall–Kier alpha value is -3.31. The molecule has 3 aromatic carbocycles. The van der Waals surface area contributed by atoms with Crippen molar-refractivity contribution in [3.63, 3.8) is 0 Å². The first-order chi connectivity index (χ1) is 15.0. The number of nitrogens with one attached hydrogen (secondary N) is 1. The third-order valence-corrected chi connectivity index (χ3v) is 5.88. The van der Waals surface area contributed by atoms with Crippen LogP contribution in [-0.2, 0) is 0 Å². The van der Waals surface area contributed by atoms with Gasteiger partial charge in [0.05, 0.1) is 12.8 Å². The van der Waals surface area contributed by atoms with E-state index in [0.29, 0.717) is 5.56 Å². The van der Waals surface area contributed by atoms with Crippen LogP contribution < -0.4 is 15.0 Å². The smallest absolute Gasteiger partial charge is 0.255 e. The summed E-state index contributed by atoms with van der Waals surface area (Å²) in [5, 5.41) is 3.04. The summed E-state index contributed by atoms with van der Waals surface area (Å²) in [5.41, 5.74) is 5.92. The van der Waals surface area contributed by atoms with E-state index in [4.69, 9.17) is 4.74 Å². The second-order valence-electron chi connectivity index (χ2n) is 8.02. The Labute approximate surface area is 184 Å². The maximum Gasteiger partial charge on any atom is 0.255 e. The van der Waals surface area contributed by atoms with Crippen LogP contribution in [0.15, 0.2) is 66.7 Å². The molecule has 1 N–H and O–H groups in total. The molecule has 0 atom stereocenters. The molecule has 0 saturated carbocycles. The number of carbonyl (C=O) groups excluding carboxylic acids is 1. The summed E-state index contributed by atoms with van der Waals surface area (Å²) >= 11 is 0. The maximum absolute atomic E-state index is 12.9. The van der Waals surface area contributed by atoms with Crippen LogP contribution in [0.4, 0.5) is 11.4 Å². The van der Waals surface area contributed by atoms with E-state index in [9.17, 15) is 4.79 Å². The summed E-state index contributed by atoms with van der Waals surface area (Å²) in [6.45, 7) is 5.98. The number of likely N-dealkylation sites (N-methyl/N-ethyl adjacent to an activating group) is 1. The van der Waals surface area contributed by atoms with E-state index in [2.05, 4.69) is 41.2 Å². The first kappa shape index (κ1) is 20.9. The molecule has 1 fully saturated rings. The highest BCUT2D eigenvalue weighted by Crippen LogP contribution is 2.32. The van der Waals surface area contributed by atoms with Crippen LogP contribution in [0.5, 0.6) is 5.75 Å². The molecule has 5 nitrogen and oxygen atoms in total. The number of carbonyl (C=O) groups is 1. The highest BCUT2D eigenvalue weighted by Gasteiger charge is 2.18. The van der Waals surface area contributed by atoms with Crippen LogP contribution in [0.25, 0.3) is 11.1 Å². The van der Waals surface area contributed by atoms with Crippen molar-refractivity contribution in [1.29, 1.82) is 0 Å². The normalized spacial score (nSPS) is 14.4. The van der Waals surface area contributed by atoms with Crippen molar-refractivity contribution >= 4 is 17.3 Å². The summed E-state index contributed by atoms with van der Waals surface area (Å²) in [7, 11) is 3.82. The summed E-state index contributed by atoms with van der Waals surface area (Å²) in [6, 6.07) is 21.8. The monoisotopic (exact) mass is 415 g/mol. The summed E-state index contributed by atoms with van der Waals surface area (Å²) in [4.78, 5) is 17.5. The minimum Gasteiger partial charge on any atom is -0.495 e. The van der Waals surface area contributed by atoms with Crippen molar-refractivity contribution in [2.45, 2.75) is 6.92 Å². The Morgan fingerprint density at radius 2 is 1.65 bits per heavy atom. The Balaban J connectivity index is 1.50. The van der Waals surface area contributed by atoms with Gasteiger partial charge in [-0.25, -0.2) is 0 Å². The van der Waals surface area contributed by atoms with Crippen molar-refractivity contribution in [2.24, 2.45) is 0 Å². The van der Waals surface area contributed by atoms with Gasteiger partial charge in [-0.05, 0) is 61.0 Å². The van der Waals surface area contributed by atoms with Gasteiger partial charge in [0, 0.05) is 37.4 Å². The number of nitrogens with zero attached hydrogens (tertiary/aromatic N) is 2. The molecule has 5 heteroatoms. The largest absolute Gasteiger partial charge is 0.495 e. The van der Waals surface area contributed by atoms with Crippen molar-refractivity contribution in [1.82, 2.24) is 4.90 Å². The molecule has 1 heterocycles.